The average Bonchev–Trinajstić information content (AvgIpc) is 1.63. The molecule has 2 aliphatic heterocycles. The van der Waals surface area contributed by atoms with Crippen LogP contribution in [0.5, 0.6) is 0 Å². The van der Waals surface area contributed by atoms with E-state index in [1.165, 1.54) is 30.3 Å². The van der Waals surface area contributed by atoms with Gasteiger partial charge in [-0.25, -0.2) is 0 Å². The topological polar surface area (TPSA) is 473 Å². The van der Waals surface area contributed by atoms with Crippen molar-refractivity contribution in [3.63, 3.8) is 0 Å². The third-order valence-electron chi connectivity index (χ3n) is 14.8. The van der Waals surface area contributed by atoms with Crippen LogP contribution in [-0.4, -0.2) is 159 Å². The van der Waals surface area contributed by atoms with E-state index in [0.717, 1.165) is 12.6 Å². The van der Waals surface area contributed by atoms with Crippen molar-refractivity contribution in [2.75, 3.05) is 11.4 Å². The number of hydrogen-bond acceptors (Lipinski definition) is 17. The minimum atomic E-state index is -4.59. The zero-order valence-electron chi connectivity index (χ0n) is 50.0. The Bertz CT molecular complexity index is 3500. The second kappa shape index (κ2) is 32.5. The number of rotatable bonds is 37. The highest BCUT2D eigenvalue weighted by Gasteiger charge is 2.41. The van der Waals surface area contributed by atoms with E-state index < -0.39 is 184 Å². The number of amides is 5. The van der Waals surface area contributed by atoms with Crippen LogP contribution in [0.15, 0.2) is 99.4 Å². The molecule has 2 aromatic rings. The first-order valence-electron chi connectivity index (χ1n) is 28.4. The molecule has 0 saturated heterocycles. The van der Waals surface area contributed by atoms with Crippen LogP contribution in [0.4, 0.5) is 11.4 Å². The Hall–Kier alpha value is -8.94. The smallest absolute Gasteiger partial charge is 0.303 e. The molecule has 0 unspecified atom stereocenters. The fourth-order valence-electron chi connectivity index (χ4n) is 9.85. The number of ketones is 1. The zero-order chi connectivity index (χ0) is 67.5. The summed E-state index contributed by atoms with van der Waals surface area (Å²) in [5, 5.41) is 58.3. The number of carboxylic acids is 5. The fourth-order valence-corrected chi connectivity index (χ4v) is 10.9. The predicted octanol–water partition coefficient (Wildman–Crippen LogP) is 3.79. The minimum Gasteiger partial charge on any atom is -0.481 e. The second-order valence-corrected chi connectivity index (χ2v) is 25.2. The number of benzene rings is 2. The van der Waals surface area contributed by atoms with Crippen molar-refractivity contribution >= 4 is 102 Å². The highest BCUT2D eigenvalue weighted by atomic mass is 32.2. The molecule has 2 aromatic carbocycles. The number of hydrogen-bond donors (Lipinski definition) is 12. The van der Waals surface area contributed by atoms with Crippen LogP contribution in [0.3, 0.4) is 0 Å². The molecule has 490 valence electrons. The van der Waals surface area contributed by atoms with Gasteiger partial charge in [-0.15, -0.1) is 0 Å². The molecule has 0 spiro atoms. The van der Waals surface area contributed by atoms with Crippen LogP contribution < -0.4 is 31.5 Å². The lowest BCUT2D eigenvalue weighted by molar-refractivity contribution is -0.140. The van der Waals surface area contributed by atoms with Gasteiger partial charge in [0.25, 0.3) is 20.2 Å². The molecule has 5 atom stereocenters. The van der Waals surface area contributed by atoms with E-state index in [0.29, 0.717) is 47.6 Å². The lowest BCUT2D eigenvalue weighted by Gasteiger charge is -2.27. The lowest BCUT2D eigenvalue weighted by atomic mass is 9.81. The highest BCUT2D eigenvalue weighted by Crippen LogP contribution is 2.49. The number of allylic oxidation sites excluding steroid dienone is 8. The molecule has 2 heterocycles. The highest BCUT2D eigenvalue weighted by molar-refractivity contribution is 7.86. The maximum Gasteiger partial charge on any atom is 0.303 e. The molecule has 0 aromatic heterocycles. The van der Waals surface area contributed by atoms with Gasteiger partial charge >= 0.3 is 29.8 Å². The van der Waals surface area contributed by atoms with Crippen LogP contribution in [0.2, 0.25) is 0 Å². The molecule has 29 nitrogen and oxygen atoms in total. The van der Waals surface area contributed by atoms with Crippen LogP contribution in [-0.2, 0) is 83.8 Å². The first-order valence-corrected chi connectivity index (χ1v) is 31.2. The summed E-state index contributed by atoms with van der Waals surface area (Å²) in [6, 6.07) is -0.0685. The number of fused-ring (bicyclic) bond motifs is 2. The summed E-state index contributed by atoms with van der Waals surface area (Å²) in [4.78, 5) is 144. The van der Waals surface area contributed by atoms with Crippen molar-refractivity contribution in [2.24, 2.45) is 4.99 Å². The summed E-state index contributed by atoms with van der Waals surface area (Å²) in [7, 11) is -9.01. The second-order valence-electron chi connectivity index (χ2n) is 22.3. The Kier molecular flexibility index (Phi) is 26.6. The number of aliphatic imine (C=N–C) groups is 1. The van der Waals surface area contributed by atoms with E-state index in [2.05, 4.69) is 31.6 Å². The van der Waals surface area contributed by atoms with Gasteiger partial charge in [0.2, 0.25) is 29.5 Å². The molecular formula is C59H75N7O22S2. The van der Waals surface area contributed by atoms with Gasteiger partial charge in [0.1, 0.15) is 24.2 Å². The van der Waals surface area contributed by atoms with Crippen LogP contribution in [0.1, 0.15) is 136 Å². The third kappa shape index (κ3) is 22.0. The Morgan fingerprint density at radius 3 is 1.34 bits per heavy atom. The zero-order valence-corrected chi connectivity index (χ0v) is 51.6. The Morgan fingerprint density at radius 2 is 0.900 bits per heavy atom. The quantitative estimate of drug-likeness (QED) is 0.0260. The molecule has 31 heteroatoms. The maximum absolute atomic E-state index is 13.9. The maximum atomic E-state index is 13.9. The predicted molar refractivity (Wildman–Crippen MR) is 322 cm³/mol. The standard InChI is InChI=1S/C59H75N7O22S2/c1-34(67)39(20-26-49(69)70)62-55(80)42(22-28-51(73)74)64-57(82)44(24-30-53(77)78)65-56(81)43(23-29-52(75)76)63-54(79)41(21-27-50(71)72)61-48(68)16-12-9-13-31-66-45-25-18-36(90(86,87)88)33-38(45)59(4,5)47(66)15-11-8-6-7-10-14-46-58(2,3)37-32-35(89(83,84)85)17-19-40(37)60-46/h6-8,10-11,14-15,17-19,25,32-33,39,41-44H,9,12-13,16,20-24,26-31H2,1-5H3,(H,61,68)(H,62,80)(H,63,79)(H,64,82)(H,65,81)(H,69,70)(H,71,72)(H,73,74)(H,75,76)(H,77,78)(H,83,84,85)(H,86,87,88)/b7-6+,11-8+,14-10+,47-15+/t39-,41-,42-,43-,44-/m1/s1. The van der Waals surface area contributed by atoms with Gasteiger partial charge in [-0.1, -0.05) is 64.5 Å². The van der Waals surface area contributed by atoms with Crippen molar-refractivity contribution in [3.8, 4) is 0 Å². The van der Waals surface area contributed by atoms with Crippen molar-refractivity contribution < 1.29 is 104 Å². The van der Waals surface area contributed by atoms with Crippen molar-refractivity contribution in [1.82, 2.24) is 26.6 Å². The number of nitrogens with zero attached hydrogens (tertiary/aromatic N) is 2. The van der Waals surface area contributed by atoms with Crippen molar-refractivity contribution in [2.45, 2.75) is 175 Å². The number of nitrogens with one attached hydrogen (secondary N) is 5. The number of carbonyl (C=O) groups is 11. The van der Waals surface area contributed by atoms with Crippen LogP contribution in [0.25, 0.3) is 0 Å². The molecule has 0 saturated carbocycles. The molecule has 90 heavy (non-hydrogen) atoms. The summed E-state index contributed by atoms with van der Waals surface area (Å²) < 4.78 is 67.5. The molecule has 0 aliphatic carbocycles. The van der Waals surface area contributed by atoms with Crippen LogP contribution >= 0.6 is 0 Å². The Morgan fingerprint density at radius 1 is 0.500 bits per heavy atom. The number of carbonyl (C=O) groups excluding carboxylic acids is 6. The van der Waals surface area contributed by atoms with E-state index in [4.69, 9.17) is 5.11 Å². The molecule has 5 amide bonds. The number of carboxylic acid groups (broad SMARTS) is 5. The summed E-state index contributed by atoms with van der Waals surface area (Å²) in [6.07, 6.45) is 6.78. The third-order valence-corrected chi connectivity index (χ3v) is 16.5. The normalized spacial score (nSPS) is 16.3. The van der Waals surface area contributed by atoms with Gasteiger partial charge in [-0.2, -0.15) is 16.8 Å². The monoisotopic (exact) mass is 1300 g/mol. The van der Waals surface area contributed by atoms with E-state index in [9.17, 15) is 99.1 Å². The molecule has 4 rings (SSSR count). The van der Waals surface area contributed by atoms with Gasteiger partial charge in [-0.05, 0) is 112 Å². The number of anilines is 1. The first-order chi connectivity index (χ1) is 41.9. The number of aliphatic carboxylic acids is 5. The largest absolute Gasteiger partial charge is 0.481 e. The van der Waals surface area contributed by atoms with Crippen LogP contribution in [0, 0.1) is 0 Å². The van der Waals surface area contributed by atoms with Crippen molar-refractivity contribution in [1.29, 1.82) is 0 Å². The SMILES string of the molecule is CC(=O)[C@@H](CCC(=O)O)NC(=O)[C@@H](CCC(=O)O)NC(=O)[C@@H](CCC(=O)O)NC(=O)[C@@H](CCC(=O)O)NC(=O)[C@@H](CCC(=O)O)NC(=O)CCCCCN1/C(=C/C=C/C=C/C=C/C2=Nc3ccc(S(=O)(=O)O)cc3C2(C)C)C(C)(C)c2cc(S(=O)(=O)O)ccc21. The molecule has 0 bridgehead atoms. The summed E-state index contributed by atoms with van der Waals surface area (Å²) in [5.41, 5.74) is 2.34. The van der Waals surface area contributed by atoms with Gasteiger partial charge in [0.05, 0.1) is 27.2 Å². The summed E-state index contributed by atoms with van der Waals surface area (Å²) in [5.74, 6) is -13.3. The van der Waals surface area contributed by atoms with Gasteiger partial charge in [0, 0.05) is 67.3 Å². The Labute approximate surface area is 518 Å². The van der Waals surface area contributed by atoms with Gasteiger partial charge in [-0.3, -0.25) is 66.8 Å². The summed E-state index contributed by atoms with van der Waals surface area (Å²) >= 11 is 0. The van der Waals surface area contributed by atoms with Gasteiger partial charge in [0.15, 0.2) is 5.78 Å². The molecule has 0 fully saturated rings. The number of Topliss-reactive ketones (excluding diaryl/α,β-unsaturated/α-hetero) is 1. The number of unbranched alkanes of at least 4 members (excludes halogenated alkanes) is 2. The summed E-state index contributed by atoms with van der Waals surface area (Å²) in [6.45, 7) is 8.87. The average molecular weight is 1300 g/mol. The van der Waals surface area contributed by atoms with E-state index in [1.54, 1.807) is 42.5 Å². The molecule has 2 aliphatic rings. The minimum absolute atomic E-state index is 0.206. The Balaban J connectivity index is 1.47. The molecular weight excluding hydrogens is 1220 g/mol. The van der Waals surface area contributed by atoms with E-state index >= 15 is 0 Å². The molecule has 0 radical (unpaired) electrons. The van der Waals surface area contributed by atoms with E-state index in [-0.39, 0.29) is 29.1 Å². The first kappa shape index (κ1) is 73.5. The fraction of sp³-hybridized carbons (Fsp3) is 0.458. The van der Waals surface area contributed by atoms with Gasteiger partial charge < -0.3 is 57.0 Å². The molecule has 12 N–H and O–H groups in total. The van der Waals surface area contributed by atoms with Crippen molar-refractivity contribution in [3.05, 3.63) is 95.8 Å². The lowest BCUT2D eigenvalue weighted by Crippen LogP contribution is -2.59. The van der Waals surface area contributed by atoms with E-state index in [1.807, 2.05) is 38.7 Å².